The second kappa shape index (κ2) is 7.82. The molecule has 0 fully saturated rings. The van der Waals surface area contributed by atoms with Crippen LogP contribution in [0.2, 0.25) is 0 Å². The summed E-state index contributed by atoms with van der Waals surface area (Å²) in [4.78, 5) is 15.9. The molecule has 1 aliphatic heterocycles. The minimum Gasteiger partial charge on any atom is -0.512 e. The van der Waals surface area contributed by atoms with Crippen LogP contribution in [0.15, 0.2) is 41.1 Å². The van der Waals surface area contributed by atoms with Crippen molar-refractivity contribution in [2.45, 2.75) is 26.4 Å². The summed E-state index contributed by atoms with van der Waals surface area (Å²) < 4.78 is 5.54. The minimum atomic E-state index is -0.171. The zero-order valence-corrected chi connectivity index (χ0v) is 13.8. The van der Waals surface area contributed by atoms with Crippen LogP contribution in [0.1, 0.15) is 20.3 Å². The van der Waals surface area contributed by atoms with Crippen molar-refractivity contribution in [1.82, 2.24) is 0 Å². The van der Waals surface area contributed by atoms with Gasteiger partial charge in [-0.2, -0.15) is 0 Å². The number of dihydropyridines is 1. The summed E-state index contributed by atoms with van der Waals surface area (Å²) in [6, 6.07) is 7.17. The molecule has 6 nitrogen and oxygen atoms in total. The molecule has 0 aliphatic carbocycles. The highest BCUT2D eigenvalue weighted by Gasteiger charge is 2.13. The number of hydrogen-bond acceptors (Lipinski definition) is 5. The number of amidine groups is 1. The Labute approximate surface area is 139 Å². The first kappa shape index (κ1) is 17.1. The highest BCUT2D eigenvalue weighted by atomic mass is 32.2. The van der Waals surface area contributed by atoms with Crippen LogP contribution in [-0.4, -0.2) is 33.7 Å². The monoisotopic (exact) mass is 333 g/mol. The molecule has 0 unspecified atom stereocenters. The number of carbonyl (C=O) groups excluding carboxylic acids is 1. The van der Waals surface area contributed by atoms with Gasteiger partial charge in [-0.3, -0.25) is 10.2 Å². The van der Waals surface area contributed by atoms with Crippen LogP contribution >= 0.6 is 11.8 Å². The third-order valence-corrected chi connectivity index (χ3v) is 3.74. The Morgan fingerprint density at radius 3 is 2.74 bits per heavy atom. The van der Waals surface area contributed by atoms with Crippen LogP contribution in [0.4, 0.5) is 5.69 Å². The number of anilines is 1. The Kier molecular flexibility index (Phi) is 5.81. The molecule has 0 saturated carbocycles. The normalized spacial score (nSPS) is 14.3. The van der Waals surface area contributed by atoms with Gasteiger partial charge in [0.2, 0.25) is 5.91 Å². The number of allylic oxidation sites excluding steroid dienone is 1. The van der Waals surface area contributed by atoms with Gasteiger partial charge < -0.3 is 15.2 Å². The lowest BCUT2D eigenvalue weighted by Crippen LogP contribution is -2.16. The summed E-state index contributed by atoms with van der Waals surface area (Å²) >= 11 is 1.22. The van der Waals surface area contributed by atoms with Crippen molar-refractivity contribution in [1.29, 1.82) is 5.41 Å². The van der Waals surface area contributed by atoms with Gasteiger partial charge in [0.15, 0.2) is 0 Å². The van der Waals surface area contributed by atoms with Gasteiger partial charge in [0.25, 0.3) is 0 Å². The SMILES string of the molecule is CC(C)Oc1ccc(NC(=O)CSC2=NC(=N)C=C(O)C2)cc1. The number of nitrogens with zero attached hydrogens (tertiary/aromatic N) is 1. The molecule has 0 saturated heterocycles. The molecule has 1 aromatic rings. The van der Waals surface area contributed by atoms with Gasteiger partial charge in [0.05, 0.1) is 23.3 Å². The molecule has 0 spiro atoms. The molecule has 0 radical (unpaired) electrons. The molecular weight excluding hydrogens is 314 g/mol. The van der Waals surface area contributed by atoms with Crippen molar-refractivity contribution in [2.24, 2.45) is 4.99 Å². The second-order valence-electron chi connectivity index (χ2n) is 5.23. The third-order valence-electron chi connectivity index (χ3n) is 2.76. The molecule has 7 heteroatoms. The Balaban J connectivity index is 1.82. The lowest BCUT2D eigenvalue weighted by molar-refractivity contribution is -0.113. The number of aliphatic hydroxyl groups excluding tert-OH is 1. The van der Waals surface area contributed by atoms with E-state index in [1.807, 2.05) is 13.8 Å². The fraction of sp³-hybridized carbons (Fsp3) is 0.312. The standard InChI is InChI=1S/C16H19N3O3S/c1-10(2)22-13-5-3-11(4-6-13)18-15(21)9-23-16-8-12(20)7-14(17)19-16/h3-7,10,17,20H,8-9H2,1-2H3,(H,18,21). The van der Waals surface area contributed by atoms with E-state index in [0.29, 0.717) is 10.7 Å². The summed E-state index contributed by atoms with van der Waals surface area (Å²) in [5.41, 5.74) is 0.688. The molecule has 2 rings (SSSR count). The van der Waals surface area contributed by atoms with E-state index >= 15 is 0 Å². The highest BCUT2D eigenvalue weighted by molar-refractivity contribution is 8.14. The smallest absolute Gasteiger partial charge is 0.234 e. The number of amides is 1. The number of rotatable bonds is 5. The summed E-state index contributed by atoms with van der Waals surface area (Å²) in [6.45, 7) is 3.90. The number of aliphatic imine (C=N–C) groups is 1. The van der Waals surface area contributed by atoms with Gasteiger partial charge in [-0.25, -0.2) is 4.99 Å². The predicted molar refractivity (Wildman–Crippen MR) is 93.8 cm³/mol. The number of thioether (sulfide) groups is 1. The zero-order chi connectivity index (χ0) is 16.8. The molecule has 122 valence electrons. The van der Waals surface area contributed by atoms with Crippen molar-refractivity contribution in [3.63, 3.8) is 0 Å². The first-order valence-electron chi connectivity index (χ1n) is 7.17. The number of benzene rings is 1. The van der Waals surface area contributed by atoms with Crippen molar-refractivity contribution < 1.29 is 14.6 Å². The molecule has 1 amide bonds. The van der Waals surface area contributed by atoms with E-state index in [1.165, 1.54) is 17.8 Å². The van der Waals surface area contributed by atoms with Crippen molar-refractivity contribution in [3.05, 3.63) is 36.1 Å². The Morgan fingerprint density at radius 2 is 2.13 bits per heavy atom. The third kappa shape index (κ3) is 5.78. The number of aliphatic hydroxyl groups is 1. The van der Waals surface area contributed by atoms with Gasteiger partial charge in [-0.1, -0.05) is 0 Å². The van der Waals surface area contributed by atoms with Crippen molar-refractivity contribution >= 4 is 34.2 Å². The second-order valence-corrected chi connectivity index (χ2v) is 6.28. The van der Waals surface area contributed by atoms with Gasteiger partial charge >= 0.3 is 0 Å². The summed E-state index contributed by atoms with van der Waals surface area (Å²) in [5, 5.41) is 20.2. The van der Waals surface area contributed by atoms with E-state index in [9.17, 15) is 9.90 Å². The summed E-state index contributed by atoms with van der Waals surface area (Å²) in [7, 11) is 0. The van der Waals surface area contributed by atoms with Gasteiger partial charge in [0, 0.05) is 11.8 Å². The van der Waals surface area contributed by atoms with Crippen LogP contribution in [0.5, 0.6) is 5.75 Å². The fourth-order valence-electron chi connectivity index (χ4n) is 1.89. The van der Waals surface area contributed by atoms with Crippen LogP contribution < -0.4 is 10.1 Å². The quantitative estimate of drug-likeness (QED) is 0.770. The first-order chi connectivity index (χ1) is 10.9. The molecule has 1 heterocycles. The van der Waals surface area contributed by atoms with Crippen molar-refractivity contribution in [3.8, 4) is 5.75 Å². The van der Waals surface area contributed by atoms with Crippen LogP contribution in [-0.2, 0) is 4.79 Å². The Bertz CT molecular complexity index is 651. The molecule has 0 bridgehead atoms. The van der Waals surface area contributed by atoms with Crippen LogP contribution in [0.25, 0.3) is 0 Å². The maximum Gasteiger partial charge on any atom is 0.234 e. The van der Waals surface area contributed by atoms with Crippen molar-refractivity contribution in [2.75, 3.05) is 11.1 Å². The minimum absolute atomic E-state index is 0.00241. The molecule has 3 N–H and O–H groups in total. The average Bonchev–Trinajstić information content (AvgIpc) is 2.46. The molecule has 23 heavy (non-hydrogen) atoms. The van der Waals surface area contributed by atoms with E-state index in [0.717, 1.165) is 5.75 Å². The van der Waals surface area contributed by atoms with E-state index in [1.54, 1.807) is 24.3 Å². The maximum atomic E-state index is 11.9. The highest BCUT2D eigenvalue weighted by Crippen LogP contribution is 2.19. The number of carbonyl (C=O) groups is 1. The van der Waals surface area contributed by atoms with E-state index in [4.69, 9.17) is 10.1 Å². The molecular formula is C16H19N3O3S. The van der Waals surface area contributed by atoms with E-state index in [-0.39, 0.29) is 35.8 Å². The van der Waals surface area contributed by atoms with Gasteiger partial charge in [-0.05, 0) is 38.1 Å². The lowest BCUT2D eigenvalue weighted by atomic mass is 10.3. The zero-order valence-electron chi connectivity index (χ0n) is 13.0. The van der Waals surface area contributed by atoms with Crippen LogP contribution in [0.3, 0.4) is 0 Å². The predicted octanol–water partition coefficient (Wildman–Crippen LogP) is 3.37. The lowest BCUT2D eigenvalue weighted by Gasteiger charge is -2.11. The number of nitrogens with one attached hydrogen (secondary N) is 2. The average molecular weight is 333 g/mol. The molecule has 0 aromatic heterocycles. The largest absolute Gasteiger partial charge is 0.512 e. The van der Waals surface area contributed by atoms with E-state index in [2.05, 4.69) is 10.3 Å². The summed E-state index contributed by atoms with van der Waals surface area (Å²) in [5.74, 6) is 0.843. The molecule has 0 atom stereocenters. The topological polar surface area (TPSA) is 94.8 Å². The Hall–Kier alpha value is -2.28. The summed E-state index contributed by atoms with van der Waals surface area (Å²) in [6.07, 6.45) is 1.67. The molecule has 1 aromatic carbocycles. The number of hydrogen-bond donors (Lipinski definition) is 3. The fourth-order valence-corrected chi connectivity index (χ4v) is 2.67. The number of ether oxygens (including phenoxy) is 1. The first-order valence-corrected chi connectivity index (χ1v) is 8.16. The Morgan fingerprint density at radius 1 is 1.43 bits per heavy atom. The van der Waals surface area contributed by atoms with E-state index < -0.39 is 0 Å². The van der Waals surface area contributed by atoms with Gasteiger partial charge in [0.1, 0.15) is 17.3 Å². The maximum absolute atomic E-state index is 11.9. The van der Waals surface area contributed by atoms with Crippen LogP contribution in [0, 0.1) is 5.41 Å². The van der Waals surface area contributed by atoms with Gasteiger partial charge in [-0.15, -0.1) is 11.8 Å². The molecule has 1 aliphatic rings.